The summed E-state index contributed by atoms with van der Waals surface area (Å²) in [7, 11) is 1.59. The molecule has 0 spiro atoms. The van der Waals surface area contributed by atoms with Gasteiger partial charge in [0.15, 0.2) is 0 Å². The molecule has 116 valence electrons. The minimum absolute atomic E-state index is 0.00798. The lowest BCUT2D eigenvalue weighted by Gasteiger charge is -2.22. The summed E-state index contributed by atoms with van der Waals surface area (Å²) in [5.41, 5.74) is 7.07. The highest BCUT2D eigenvalue weighted by molar-refractivity contribution is 5.94. The standard InChI is InChI=1S/C16H25N3O2/c1-3-12-5-4-9-19(12)10-8-16(20)18-15-7-6-13(21-2)11-14(15)17/h6-7,11-12H,3-5,8-10,17H2,1-2H3,(H,18,20). The third-order valence-electron chi connectivity index (χ3n) is 4.13. The maximum Gasteiger partial charge on any atom is 0.225 e. The summed E-state index contributed by atoms with van der Waals surface area (Å²) >= 11 is 0. The lowest BCUT2D eigenvalue weighted by Crippen LogP contribution is -2.32. The molecule has 1 saturated heterocycles. The first-order valence-corrected chi connectivity index (χ1v) is 7.61. The highest BCUT2D eigenvalue weighted by Gasteiger charge is 2.22. The topological polar surface area (TPSA) is 67.6 Å². The zero-order valence-corrected chi connectivity index (χ0v) is 12.9. The Morgan fingerprint density at radius 2 is 2.33 bits per heavy atom. The number of nitrogens with one attached hydrogen (secondary N) is 1. The van der Waals surface area contributed by atoms with Crippen molar-refractivity contribution in [3.63, 3.8) is 0 Å². The Balaban J connectivity index is 1.84. The summed E-state index contributed by atoms with van der Waals surface area (Å²) in [4.78, 5) is 14.5. The normalized spacial score (nSPS) is 18.7. The van der Waals surface area contributed by atoms with Crippen LogP contribution in [-0.2, 0) is 4.79 Å². The molecule has 1 unspecified atom stereocenters. The number of hydrogen-bond donors (Lipinski definition) is 2. The van der Waals surface area contributed by atoms with E-state index in [1.165, 1.54) is 12.8 Å². The van der Waals surface area contributed by atoms with Crippen molar-refractivity contribution in [2.24, 2.45) is 0 Å². The number of benzene rings is 1. The second-order valence-electron chi connectivity index (χ2n) is 5.49. The predicted molar refractivity (Wildman–Crippen MR) is 85.5 cm³/mol. The molecule has 5 nitrogen and oxygen atoms in total. The monoisotopic (exact) mass is 291 g/mol. The molecule has 21 heavy (non-hydrogen) atoms. The molecule has 1 aliphatic heterocycles. The maximum atomic E-state index is 12.0. The number of rotatable bonds is 6. The number of hydrogen-bond acceptors (Lipinski definition) is 4. The van der Waals surface area contributed by atoms with Gasteiger partial charge in [-0.25, -0.2) is 0 Å². The van der Waals surface area contributed by atoms with E-state index in [-0.39, 0.29) is 5.91 Å². The van der Waals surface area contributed by atoms with Crippen LogP contribution in [-0.4, -0.2) is 37.0 Å². The predicted octanol–water partition coefficient (Wildman–Crippen LogP) is 2.48. The van der Waals surface area contributed by atoms with E-state index in [1.54, 1.807) is 25.3 Å². The molecule has 0 bridgehead atoms. The zero-order chi connectivity index (χ0) is 15.2. The fourth-order valence-corrected chi connectivity index (χ4v) is 2.89. The van der Waals surface area contributed by atoms with Crippen molar-refractivity contribution in [1.82, 2.24) is 4.90 Å². The summed E-state index contributed by atoms with van der Waals surface area (Å²) in [6.07, 6.45) is 4.16. The molecular weight excluding hydrogens is 266 g/mol. The van der Waals surface area contributed by atoms with Gasteiger partial charge < -0.3 is 15.8 Å². The smallest absolute Gasteiger partial charge is 0.225 e. The molecule has 0 aliphatic carbocycles. The Kier molecular flexibility index (Phi) is 5.44. The number of nitrogens with two attached hydrogens (primary N) is 1. The molecule has 2 rings (SSSR count). The van der Waals surface area contributed by atoms with E-state index in [4.69, 9.17) is 10.5 Å². The van der Waals surface area contributed by atoms with Crippen LogP contribution < -0.4 is 15.8 Å². The number of carbonyl (C=O) groups excluding carboxylic acids is 1. The number of amides is 1. The van der Waals surface area contributed by atoms with Crippen molar-refractivity contribution >= 4 is 17.3 Å². The average Bonchev–Trinajstić information content (AvgIpc) is 2.94. The number of ether oxygens (including phenoxy) is 1. The van der Waals surface area contributed by atoms with E-state index in [0.29, 0.717) is 29.6 Å². The Morgan fingerprint density at radius 3 is 3.00 bits per heavy atom. The fraction of sp³-hybridized carbons (Fsp3) is 0.562. The fourth-order valence-electron chi connectivity index (χ4n) is 2.89. The molecule has 3 N–H and O–H groups in total. The van der Waals surface area contributed by atoms with Crippen LogP contribution in [0.1, 0.15) is 32.6 Å². The van der Waals surface area contributed by atoms with E-state index >= 15 is 0 Å². The number of nitrogens with zero attached hydrogens (tertiary/aromatic N) is 1. The van der Waals surface area contributed by atoms with Crippen LogP contribution in [0.3, 0.4) is 0 Å². The van der Waals surface area contributed by atoms with Gasteiger partial charge in [-0.3, -0.25) is 9.69 Å². The lowest BCUT2D eigenvalue weighted by atomic mass is 10.1. The largest absolute Gasteiger partial charge is 0.497 e. The molecule has 1 heterocycles. The third-order valence-corrected chi connectivity index (χ3v) is 4.13. The molecule has 0 aromatic heterocycles. The first-order chi connectivity index (χ1) is 10.1. The van der Waals surface area contributed by atoms with Crippen LogP contribution in [0, 0.1) is 0 Å². The number of likely N-dealkylation sites (tertiary alicyclic amines) is 1. The van der Waals surface area contributed by atoms with Gasteiger partial charge in [-0.05, 0) is 37.9 Å². The summed E-state index contributed by atoms with van der Waals surface area (Å²) in [5.74, 6) is 0.696. The third kappa shape index (κ3) is 4.11. The average molecular weight is 291 g/mol. The molecular formula is C16H25N3O2. The molecule has 1 fully saturated rings. The van der Waals surface area contributed by atoms with Crippen LogP contribution in [0.25, 0.3) is 0 Å². The van der Waals surface area contributed by atoms with Crippen molar-refractivity contribution in [2.75, 3.05) is 31.2 Å². The Labute approximate surface area is 126 Å². The van der Waals surface area contributed by atoms with Gasteiger partial charge in [0, 0.05) is 25.1 Å². The van der Waals surface area contributed by atoms with Crippen LogP contribution in [0.4, 0.5) is 11.4 Å². The van der Waals surface area contributed by atoms with E-state index in [2.05, 4.69) is 17.1 Å². The Bertz CT molecular complexity index is 490. The first-order valence-electron chi connectivity index (χ1n) is 7.61. The molecule has 1 aromatic carbocycles. The second-order valence-corrected chi connectivity index (χ2v) is 5.49. The SMILES string of the molecule is CCC1CCCN1CCC(=O)Nc1ccc(OC)cc1N. The van der Waals surface area contributed by atoms with Gasteiger partial charge in [0.2, 0.25) is 5.91 Å². The van der Waals surface area contributed by atoms with E-state index in [1.807, 2.05) is 0 Å². The van der Waals surface area contributed by atoms with Crippen LogP contribution in [0.15, 0.2) is 18.2 Å². The molecule has 5 heteroatoms. The zero-order valence-electron chi connectivity index (χ0n) is 12.9. The highest BCUT2D eigenvalue weighted by atomic mass is 16.5. The van der Waals surface area contributed by atoms with Gasteiger partial charge in [0.1, 0.15) is 5.75 Å². The van der Waals surface area contributed by atoms with Gasteiger partial charge in [-0.1, -0.05) is 6.92 Å². The van der Waals surface area contributed by atoms with Crippen molar-refractivity contribution < 1.29 is 9.53 Å². The van der Waals surface area contributed by atoms with Crippen LogP contribution in [0.5, 0.6) is 5.75 Å². The quantitative estimate of drug-likeness (QED) is 0.790. The second kappa shape index (κ2) is 7.31. The molecule has 0 saturated carbocycles. The van der Waals surface area contributed by atoms with Gasteiger partial charge >= 0.3 is 0 Å². The Morgan fingerprint density at radius 1 is 1.52 bits per heavy atom. The summed E-state index contributed by atoms with van der Waals surface area (Å²) in [5, 5.41) is 2.87. The molecule has 1 amide bonds. The van der Waals surface area contributed by atoms with Crippen molar-refractivity contribution in [1.29, 1.82) is 0 Å². The lowest BCUT2D eigenvalue weighted by molar-refractivity contribution is -0.116. The van der Waals surface area contributed by atoms with Gasteiger partial charge in [-0.2, -0.15) is 0 Å². The number of methoxy groups -OCH3 is 1. The molecule has 0 radical (unpaired) electrons. The van der Waals surface area contributed by atoms with Crippen molar-refractivity contribution in [3.8, 4) is 5.75 Å². The highest BCUT2D eigenvalue weighted by Crippen LogP contribution is 2.24. The van der Waals surface area contributed by atoms with Crippen molar-refractivity contribution in [3.05, 3.63) is 18.2 Å². The van der Waals surface area contributed by atoms with Gasteiger partial charge in [-0.15, -0.1) is 0 Å². The summed E-state index contributed by atoms with van der Waals surface area (Å²) in [6, 6.07) is 5.92. The van der Waals surface area contributed by atoms with Gasteiger partial charge in [0.25, 0.3) is 0 Å². The van der Waals surface area contributed by atoms with Crippen LogP contribution >= 0.6 is 0 Å². The van der Waals surface area contributed by atoms with E-state index in [9.17, 15) is 4.79 Å². The summed E-state index contributed by atoms with van der Waals surface area (Å²) < 4.78 is 5.09. The van der Waals surface area contributed by atoms with Crippen molar-refractivity contribution in [2.45, 2.75) is 38.6 Å². The van der Waals surface area contributed by atoms with Crippen LogP contribution in [0.2, 0.25) is 0 Å². The Hall–Kier alpha value is -1.75. The molecule has 1 aliphatic rings. The summed E-state index contributed by atoms with van der Waals surface area (Å²) in [6.45, 7) is 4.14. The first kappa shape index (κ1) is 15.6. The molecule has 1 aromatic rings. The van der Waals surface area contributed by atoms with Gasteiger partial charge in [0.05, 0.1) is 18.5 Å². The minimum Gasteiger partial charge on any atom is -0.497 e. The minimum atomic E-state index is 0.00798. The number of carbonyl (C=O) groups is 1. The van der Waals surface area contributed by atoms with E-state index in [0.717, 1.165) is 19.5 Å². The van der Waals surface area contributed by atoms with E-state index < -0.39 is 0 Å². The maximum absolute atomic E-state index is 12.0. The number of nitrogen functional groups attached to an aromatic ring is 1. The molecule has 1 atom stereocenters. The number of anilines is 2.